The first-order valence-corrected chi connectivity index (χ1v) is 5.75. The molecule has 0 aliphatic carbocycles. The highest BCUT2D eigenvalue weighted by molar-refractivity contribution is 6.17. The number of methoxy groups -OCH3 is 2. The summed E-state index contributed by atoms with van der Waals surface area (Å²) >= 11 is 5.78. The highest BCUT2D eigenvalue weighted by Crippen LogP contribution is 2.30. The Morgan fingerprint density at radius 3 is 2.56 bits per heavy atom. The van der Waals surface area contributed by atoms with E-state index in [0.29, 0.717) is 5.88 Å². The standard InChI is InChI=1S/C12H18ClNO2/c1-14-11(6-7-13)10-8-9(15-2)4-5-12(10)16-3/h4-5,8,11,14H,6-7H2,1-3H3. The van der Waals surface area contributed by atoms with Gasteiger partial charge in [0.15, 0.2) is 0 Å². The molecule has 0 radical (unpaired) electrons. The van der Waals surface area contributed by atoms with E-state index in [0.717, 1.165) is 23.5 Å². The Morgan fingerprint density at radius 1 is 1.31 bits per heavy atom. The molecule has 0 aliphatic rings. The van der Waals surface area contributed by atoms with Gasteiger partial charge in [0.2, 0.25) is 0 Å². The Kier molecular flexibility index (Phi) is 5.43. The van der Waals surface area contributed by atoms with Crippen molar-refractivity contribution in [3.63, 3.8) is 0 Å². The second-order valence-corrected chi connectivity index (χ2v) is 3.80. The number of hydrogen-bond acceptors (Lipinski definition) is 3. The van der Waals surface area contributed by atoms with E-state index in [2.05, 4.69) is 5.32 Å². The van der Waals surface area contributed by atoms with Gasteiger partial charge in [-0.2, -0.15) is 0 Å². The SMILES string of the molecule is CNC(CCCl)c1cc(OC)ccc1OC. The van der Waals surface area contributed by atoms with Crippen LogP contribution in [0.2, 0.25) is 0 Å². The number of ether oxygens (including phenoxy) is 2. The molecule has 0 saturated carbocycles. The zero-order chi connectivity index (χ0) is 12.0. The number of hydrogen-bond donors (Lipinski definition) is 1. The first-order valence-electron chi connectivity index (χ1n) is 5.22. The van der Waals surface area contributed by atoms with Gasteiger partial charge in [-0.05, 0) is 31.7 Å². The number of rotatable bonds is 6. The van der Waals surface area contributed by atoms with Crippen molar-refractivity contribution in [3.8, 4) is 11.5 Å². The molecule has 0 spiro atoms. The molecular weight excluding hydrogens is 226 g/mol. The fraction of sp³-hybridized carbons (Fsp3) is 0.500. The van der Waals surface area contributed by atoms with Gasteiger partial charge in [-0.25, -0.2) is 0 Å². The van der Waals surface area contributed by atoms with Crippen molar-refractivity contribution in [1.82, 2.24) is 5.32 Å². The summed E-state index contributed by atoms with van der Waals surface area (Å²) in [6.45, 7) is 0. The summed E-state index contributed by atoms with van der Waals surface area (Å²) < 4.78 is 10.5. The molecule has 0 aliphatic heterocycles. The lowest BCUT2D eigenvalue weighted by molar-refractivity contribution is 0.390. The molecule has 90 valence electrons. The lowest BCUT2D eigenvalue weighted by Crippen LogP contribution is -2.17. The summed E-state index contributed by atoms with van der Waals surface area (Å²) in [5.74, 6) is 2.28. The van der Waals surface area contributed by atoms with Gasteiger partial charge in [-0.15, -0.1) is 11.6 Å². The molecule has 1 rings (SSSR count). The van der Waals surface area contributed by atoms with E-state index >= 15 is 0 Å². The summed E-state index contributed by atoms with van der Waals surface area (Å²) in [6.07, 6.45) is 0.849. The van der Waals surface area contributed by atoms with Crippen LogP contribution in [-0.2, 0) is 0 Å². The quantitative estimate of drug-likeness (QED) is 0.779. The third-order valence-electron chi connectivity index (χ3n) is 2.56. The van der Waals surface area contributed by atoms with Crippen molar-refractivity contribution >= 4 is 11.6 Å². The number of benzene rings is 1. The van der Waals surface area contributed by atoms with Gasteiger partial charge in [0, 0.05) is 17.5 Å². The van der Waals surface area contributed by atoms with Crippen LogP contribution in [0, 0.1) is 0 Å². The summed E-state index contributed by atoms with van der Waals surface area (Å²) in [4.78, 5) is 0. The maximum atomic E-state index is 5.78. The van der Waals surface area contributed by atoms with Crippen LogP contribution in [-0.4, -0.2) is 27.1 Å². The molecule has 1 aromatic carbocycles. The Morgan fingerprint density at radius 2 is 2.06 bits per heavy atom. The van der Waals surface area contributed by atoms with Crippen LogP contribution in [0.1, 0.15) is 18.0 Å². The van der Waals surface area contributed by atoms with E-state index in [4.69, 9.17) is 21.1 Å². The molecule has 4 heteroatoms. The number of halogens is 1. The minimum atomic E-state index is 0.183. The highest BCUT2D eigenvalue weighted by atomic mass is 35.5. The largest absolute Gasteiger partial charge is 0.497 e. The molecular formula is C12H18ClNO2. The van der Waals surface area contributed by atoms with E-state index in [1.165, 1.54) is 0 Å². The predicted molar refractivity (Wildman–Crippen MR) is 66.7 cm³/mol. The van der Waals surface area contributed by atoms with Crippen molar-refractivity contribution in [3.05, 3.63) is 23.8 Å². The molecule has 0 bridgehead atoms. The minimum Gasteiger partial charge on any atom is -0.497 e. The predicted octanol–water partition coefficient (Wildman–Crippen LogP) is 2.59. The van der Waals surface area contributed by atoms with Crippen LogP contribution in [0.15, 0.2) is 18.2 Å². The lowest BCUT2D eigenvalue weighted by atomic mass is 10.0. The van der Waals surface area contributed by atoms with Crippen molar-refractivity contribution in [2.24, 2.45) is 0 Å². The molecule has 0 saturated heterocycles. The van der Waals surface area contributed by atoms with E-state index < -0.39 is 0 Å². The molecule has 1 aromatic rings. The van der Waals surface area contributed by atoms with E-state index in [1.54, 1.807) is 14.2 Å². The van der Waals surface area contributed by atoms with E-state index in [9.17, 15) is 0 Å². The number of nitrogens with one attached hydrogen (secondary N) is 1. The van der Waals surface area contributed by atoms with Gasteiger partial charge >= 0.3 is 0 Å². The van der Waals surface area contributed by atoms with Gasteiger partial charge in [-0.1, -0.05) is 0 Å². The summed E-state index contributed by atoms with van der Waals surface area (Å²) in [5.41, 5.74) is 1.07. The molecule has 0 aromatic heterocycles. The topological polar surface area (TPSA) is 30.5 Å². The average molecular weight is 244 g/mol. The Balaban J connectivity index is 3.05. The fourth-order valence-corrected chi connectivity index (χ4v) is 1.89. The molecule has 1 unspecified atom stereocenters. The summed E-state index contributed by atoms with van der Waals surface area (Å²) in [5, 5.41) is 3.23. The average Bonchev–Trinajstić information content (AvgIpc) is 2.35. The molecule has 0 fully saturated rings. The number of alkyl halides is 1. The molecule has 0 heterocycles. The van der Waals surface area contributed by atoms with Crippen LogP contribution in [0.4, 0.5) is 0 Å². The van der Waals surface area contributed by atoms with E-state index in [-0.39, 0.29) is 6.04 Å². The van der Waals surface area contributed by atoms with Gasteiger partial charge in [0.25, 0.3) is 0 Å². The third kappa shape index (κ3) is 3.03. The first kappa shape index (κ1) is 13.1. The van der Waals surface area contributed by atoms with Gasteiger partial charge < -0.3 is 14.8 Å². The zero-order valence-corrected chi connectivity index (χ0v) is 10.7. The van der Waals surface area contributed by atoms with Crippen LogP contribution in [0.3, 0.4) is 0 Å². The Hall–Kier alpha value is -0.930. The minimum absolute atomic E-state index is 0.183. The Bertz CT molecular complexity index is 331. The first-order chi connectivity index (χ1) is 7.76. The molecule has 16 heavy (non-hydrogen) atoms. The van der Waals surface area contributed by atoms with Crippen molar-refractivity contribution in [2.45, 2.75) is 12.5 Å². The van der Waals surface area contributed by atoms with Gasteiger partial charge in [0.05, 0.1) is 14.2 Å². The molecule has 1 N–H and O–H groups in total. The zero-order valence-electron chi connectivity index (χ0n) is 9.92. The second-order valence-electron chi connectivity index (χ2n) is 3.43. The van der Waals surface area contributed by atoms with E-state index in [1.807, 2.05) is 25.2 Å². The molecule has 0 amide bonds. The maximum Gasteiger partial charge on any atom is 0.123 e. The van der Waals surface area contributed by atoms with Crippen LogP contribution in [0.25, 0.3) is 0 Å². The van der Waals surface area contributed by atoms with Crippen molar-refractivity contribution in [1.29, 1.82) is 0 Å². The van der Waals surface area contributed by atoms with Crippen molar-refractivity contribution < 1.29 is 9.47 Å². The normalized spacial score (nSPS) is 12.2. The maximum absolute atomic E-state index is 5.78. The van der Waals surface area contributed by atoms with Crippen molar-refractivity contribution in [2.75, 3.05) is 27.1 Å². The molecule has 1 atom stereocenters. The Labute approximate surface area is 102 Å². The van der Waals surface area contributed by atoms with Crippen LogP contribution >= 0.6 is 11.6 Å². The third-order valence-corrected chi connectivity index (χ3v) is 2.78. The van der Waals surface area contributed by atoms with Crippen LogP contribution in [0.5, 0.6) is 11.5 Å². The smallest absolute Gasteiger partial charge is 0.123 e. The summed E-state index contributed by atoms with van der Waals surface area (Å²) in [6, 6.07) is 5.96. The van der Waals surface area contributed by atoms with Gasteiger partial charge in [0.1, 0.15) is 11.5 Å². The highest BCUT2D eigenvalue weighted by Gasteiger charge is 2.14. The second kappa shape index (κ2) is 6.61. The lowest BCUT2D eigenvalue weighted by Gasteiger charge is -2.19. The van der Waals surface area contributed by atoms with Crippen LogP contribution < -0.4 is 14.8 Å². The van der Waals surface area contributed by atoms with Gasteiger partial charge in [-0.3, -0.25) is 0 Å². The fourth-order valence-electron chi connectivity index (χ4n) is 1.68. The summed E-state index contributed by atoms with van der Waals surface area (Å²) in [7, 11) is 5.23. The molecule has 3 nitrogen and oxygen atoms in total. The monoisotopic (exact) mass is 243 g/mol.